The minimum atomic E-state index is -0.194. The molecule has 3 N–H and O–H groups in total. The molecule has 0 bridgehead atoms. The normalized spacial score (nSPS) is 13.1. The van der Waals surface area contributed by atoms with Crippen LogP contribution in [0.4, 0.5) is 5.69 Å². The lowest BCUT2D eigenvalue weighted by atomic mass is 10.1. The van der Waals surface area contributed by atoms with E-state index in [4.69, 9.17) is 4.74 Å². The molecule has 0 heterocycles. The molecule has 2 aromatic carbocycles. The summed E-state index contributed by atoms with van der Waals surface area (Å²) >= 11 is 0. The van der Waals surface area contributed by atoms with Gasteiger partial charge in [-0.25, -0.2) is 0 Å². The van der Waals surface area contributed by atoms with Crippen molar-refractivity contribution in [3.05, 3.63) is 60.2 Å². The van der Waals surface area contributed by atoms with Gasteiger partial charge in [-0.2, -0.15) is 0 Å². The van der Waals surface area contributed by atoms with Crippen molar-refractivity contribution in [1.82, 2.24) is 5.32 Å². The Morgan fingerprint density at radius 2 is 1.79 bits per heavy atom. The van der Waals surface area contributed by atoms with E-state index in [1.165, 1.54) is 0 Å². The zero-order valence-electron chi connectivity index (χ0n) is 14.0. The SMILES string of the molecule is COc1ccccc1NC(=O)CC(C)N[C@H](CO)c1ccccc1. The van der Waals surface area contributed by atoms with Crippen LogP contribution in [0.3, 0.4) is 0 Å². The van der Waals surface area contributed by atoms with E-state index in [1.807, 2.05) is 49.4 Å². The number of rotatable bonds is 8. The van der Waals surface area contributed by atoms with Gasteiger partial charge in [0, 0.05) is 12.5 Å². The molecule has 0 aromatic heterocycles. The number of ether oxygens (including phenoxy) is 1. The molecule has 0 radical (unpaired) electrons. The lowest BCUT2D eigenvalue weighted by Gasteiger charge is -2.22. The largest absolute Gasteiger partial charge is 0.495 e. The number of benzene rings is 2. The first-order valence-corrected chi connectivity index (χ1v) is 7.98. The van der Waals surface area contributed by atoms with Gasteiger partial charge in [0.2, 0.25) is 5.91 Å². The molecule has 0 fully saturated rings. The number of aliphatic hydroxyl groups is 1. The number of amides is 1. The fourth-order valence-electron chi connectivity index (χ4n) is 2.57. The van der Waals surface area contributed by atoms with Crippen molar-refractivity contribution < 1.29 is 14.6 Å². The standard InChI is InChI=1S/C19H24N2O3/c1-14(20-17(13-22)15-8-4-3-5-9-15)12-19(23)21-16-10-6-7-11-18(16)24-2/h3-11,14,17,20,22H,12-13H2,1-2H3,(H,21,23)/t14?,17-/m1/s1. The number of para-hydroxylation sites is 2. The highest BCUT2D eigenvalue weighted by Gasteiger charge is 2.16. The van der Waals surface area contributed by atoms with Crippen molar-refractivity contribution >= 4 is 11.6 Å². The molecule has 5 heteroatoms. The van der Waals surface area contributed by atoms with Gasteiger partial charge >= 0.3 is 0 Å². The lowest BCUT2D eigenvalue weighted by molar-refractivity contribution is -0.116. The second kappa shape index (κ2) is 9.05. The van der Waals surface area contributed by atoms with Gasteiger partial charge in [0.1, 0.15) is 5.75 Å². The number of nitrogens with one attached hydrogen (secondary N) is 2. The second-order valence-electron chi connectivity index (χ2n) is 5.67. The summed E-state index contributed by atoms with van der Waals surface area (Å²) in [6.07, 6.45) is 0.293. The first-order chi connectivity index (χ1) is 11.6. The van der Waals surface area contributed by atoms with Gasteiger partial charge in [-0.1, -0.05) is 42.5 Å². The predicted molar refractivity (Wildman–Crippen MR) is 95.1 cm³/mol. The Labute approximate surface area is 142 Å². The van der Waals surface area contributed by atoms with E-state index < -0.39 is 0 Å². The number of anilines is 1. The Morgan fingerprint density at radius 3 is 2.46 bits per heavy atom. The van der Waals surface area contributed by atoms with Gasteiger partial charge in [-0.3, -0.25) is 4.79 Å². The summed E-state index contributed by atoms with van der Waals surface area (Å²) in [5, 5.41) is 15.7. The van der Waals surface area contributed by atoms with Gasteiger partial charge in [-0.15, -0.1) is 0 Å². The third-order valence-electron chi connectivity index (χ3n) is 3.74. The third-order valence-corrected chi connectivity index (χ3v) is 3.74. The molecular formula is C19H24N2O3. The number of aliphatic hydroxyl groups excluding tert-OH is 1. The summed E-state index contributed by atoms with van der Waals surface area (Å²) in [5.74, 6) is 0.522. The summed E-state index contributed by atoms with van der Waals surface area (Å²) < 4.78 is 5.23. The van der Waals surface area contributed by atoms with Crippen molar-refractivity contribution in [3.8, 4) is 5.75 Å². The third kappa shape index (κ3) is 5.08. The molecular weight excluding hydrogens is 304 g/mol. The molecule has 24 heavy (non-hydrogen) atoms. The average molecular weight is 328 g/mol. The van der Waals surface area contributed by atoms with Gasteiger partial charge in [-0.05, 0) is 24.6 Å². The first-order valence-electron chi connectivity index (χ1n) is 7.98. The van der Waals surface area contributed by atoms with Crippen LogP contribution < -0.4 is 15.4 Å². The number of carbonyl (C=O) groups is 1. The summed E-state index contributed by atoms with van der Waals surface area (Å²) in [6, 6.07) is 16.7. The van der Waals surface area contributed by atoms with Crippen LogP contribution in [0.2, 0.25) is 0 Å². The maximum Gasteiger partial charge on any atom is 0.226 e. The highest BCUT2D eigenvalue weighted by atomic mass is 16.5. The van der Waals surface area contributed by atoms with Crippen LogP contribution in [0.15, 0.2) is 54.6 Å². The second-order valence-corrected chi connectivity index (χ2v) is 5.67. The van der Waals surface area contributed by atoms with Crippen LogP contribution in [0.25, 0.3) is 0 Å². The number of carbonyl (C=O) groups excluding carboxylic acids is 1. The van der Waals surface area contributed by atoms with Gasteiger partial charge in [0.05, 0.1) is 25.4 Å². The molecule has 2 rings (SSSR count). The van der Waals surface area contributed by atoms with Crippen molar-refractivity contribution in [2.24, 2.45) is 0 Å². The van der Waals surface area contributed by atoms with Gasteiger partial charge in [0.25, 0.3) is 0 Å². The zero-order chi connectivity index (χ0) is 17.4. The van der Waals surface area contributed by atoms with Crippen molar-refractivity contribution in [1.29, 1.82) is 0 Å². The first kappa shape index (κ1) is 18.0. The van der Waals surface area contributed by atoms with Crippen LogP contribution in [-0.2, 0) is 4.79 Å². The Morgan fingerprint density at radius 1 is 1.12 bits per heavy atom. The average Bonchev–Trinajstić information content (AvgIpc) is 2.60. The van der Waals surface area contributed by atoms with E-state index in [-0.39, 0.29) is 24.6 Å². The molecule has 1 unspecified atom stereocenters. The summed E-state index contributed by atoms with van der Waals surface area (Å²) in [7, 11) is 1.57. The summed E-state index contributed by atoms with van der Waals surface area (Å²) in [5.41, 5.74) is 1.65. The maximum atomic E-state index is 12.2. The zero-order valence-corrected chi connectivity index (χ0v) is 14.0. The summed E-state index contributed by atoms with van der Waals surface area (Å²) in [6.45, 7) is 1.90. The molecule has 0 spiro atoms. The number of methoxy groups -OCH3 is 1. The molecule has 2 aromatic rings. The van der Waals surface area contributed by atoms with E-state index in [2.05, 4.69) is 10.6 Å². The Bertz CT molecular complexity index is 646. The Balaban J connectivity index is 1.91. The highest BCUT2D eigenvalue weighted by molar-refractivity contribution is 5.92. The van der Waals surface area contributed by atoms with Crippen molar-refractivity contribution in [3.63, 3.8) is 0 Å². The van der Waals surface area contributed by atoms with Crippen molar-refractivity contribution in [2.75, 3.05) is 19.0 Å². The van der Waals surface area contributed by atoms with Gasteiger partial charge < -0.3 is 20.5 Å². The van der Waals surface area contributed by atoms with E-state index in [0.29, 0.717) is 17.9 Å². The fourth-order valence-corrected chi connectivity index (χ4v) is 2.57. The Kier molecular flexibility index (Phi) is 6.78. The minimum absolute atomic E-state index is 0.0253. The van der Waals surface area contributed by atoms with E-state index in [0.717, 1.165) is 5.56 Å². The molecule has 0 saturated heterocycles. The molecule has 0 saturated carbocycles. The quantitative estimate of drug-likeness (QED) is 0.697. The molecule has 2 atom stereocenters. The van der Waals surface area contributed by atoms with Crippen LogP contribution in [0, 0.1) is 0 Å². The fraction of sp³-hybridized carbons (Fsp3) is 0.316. The molecule has 128 valence electrons. The lowest BCUT2D eigenvalue weighted by Crippen LogP contribution is -2.35. The number of hydrogen-bond donors (Lipinski definition) is 3. The van der Waals surface area contributed by atoms with Crippen LogP contribution in [0.1, 0.15) is 24.9 Å². The van der Waals surface area contributed by atoms with E-state index >= 15 is 0 Å². The van der Waals surface area contributed by atoms with Crippen LogP contribution >= 0.6 is 0 Å². The molecule has 0 aliphatic rings. The highest BCUT2D eigenvalue weighted by Crippen LogP contribution is 2.23. The van der Waals surface area contributed by atoms with Crippen LogP contribution in [-0.4, -0.2) is 30.8 Å². The predicted octanol–water partition coefficient (Wildman–Crippen LogP) is 2.74. The number of hydrogen-bond acceptors (Lipinski definition) is 4. The topological polar surface area (TPSA) is 70.6 Å². The monoisotopic (exact) mass is 328 g/mol. The summed E-state index contributed by atoms with van der Waals surface area (Å²) in [4.78, 5) is 12.2. The molecule has 0 aliphatic heterocycles. The maximum absolute atomic E-state index is 12.2. The van der Waals surface area contributed by atoms with E-state index in [9.17, 15) is 9.90 Å². The van der Waals surface area contributed by atoms with Crippen molar-refractivity contribution in [2.45, 2.75) is 25.4 Å². The minimum Gasteiger partial charge on any atom is -0.495 e. The van der Waals surface area contributed by atoms with Crippen LogP contribution in [0.5, 0.6) is 5.75 Å². The van der Waals surface area contributed by atoms with Gasteiger partial charge in [0.15, 0.2) is 0 Å². The molecule has 0 aliphatic carbocycles. The smallest absolute Gasteiger partial charge is 0.226 e. The van der Waals surface area contributed by atoms with E-state index in [1.54, 1.807) is 19.2 Å². The Hall–Kier alpha value is -2.37. The molecule has 1 amide bonds. The molecule has 5 nitrogen and oxygen atoms in total.